The van der Waals surface area contributed by atoms with Crippen LogP contribution in [-0.4, -0.2) is 37.2 Å². The lowest BCUT2D eigenvalue weighted by Crippen LogP contribution is -2.30. The number of rotatable bonds is 49. The standard InChI is InChI=1S/C58H102O6/c1-4-7-10-13-16-19-22-25-27-29-31-33-36-39-42-45-48-51-57(60)63-54-55(53-62-56(59)50-47-44-41-38-35-32-24-21-18-15-12-9-6-3)64-58(61)52-49-46-43-40-37-34-30-28-26-23-20-17-14-11-8-5-2/h7,10,16,19,21,24-25,27-28,30,55H,4-6,8-9,11-15,17-18,20,22-23,26,29,31-54H2,1-3H3/b10-7-,19-16-,24-21-,27-25-,30-28-. The molecule has 0 amide bonds. The summed E-state index contributed by atoms with van der Waals surface area (Å²) < 4.78 is 16.8. The van der Waals surface area contributed by atoms with Crippen molar-refractivity contribution in [3.05, 3.63) is 60.8 Å². The van der Waals surface area contributed by atoms with Crippen molar-refractivity contribution in [3.63, 3.8) is 0 Å². The van der Waals surface area contributed by atoms with Gasteiger partial charge in [-0.2, -0.15) is 0 Å². The van der Waals surface area contributed by atoms with E-state index in [0.29, 0.717) is 19.3 Å². The molecule has 0 rings (SSSR count). The van der Waals surface area contributed by atoms with E-state index in [-0.39, 0.29) is 31.1 Å². The van der Waals surface area contributed by atoms with Crippen LogP contribution in [0.2, 0.25) is 0 Å². The highest BCUT2D eigenvalue weighted by atomic mass is 16.6. The highest BCUT2D eigenvalue weighted by Crippen LogP contribution is 2.15. The number of allylic oxidation sites excluding steroid dienone is 10. The van der Waals surface area contributed by atoms with Crippen molar-refractivity contribution in [3.8, 4) is 0 Å². The van der Waals surface area contributed by atoms with Crippen molar-refractivity contribution in [2.75, 3.05) is 13.2 Å². The fourth-order valence-corrected chi connectivity index (χ4v) is 7.62. The molecule has 64 heavy (non-hydrogen) atoms. The maximum Gasteiger partial charge on any atom is 0.306 e. The number of esters is 3. The van der Waals surface area contributed by atoms with E-state index in [4.69, 9.17) is 14.2 Å². The molecule has 0 spiro atoms. The zero-order valence-corrected chi connectivity index (χ0v) is 42.3. The lowest BCUT2D eigenvalue weighted by molar-refractivity contribution is -0.167. The van der Waals surface area contributed by atoms with Crippen LogP contribution in [0.4, 0.5) is 0 Å². The third-order valence-corrected chi connectivity index (χ3v) is 11.7. The Morgan fingerprint density at radius 1 is 0.328 bits per heavy atom. The Morgan fingerprint density at radius 2 is 0.609 bits per heavy atom. The minimum atomic E-state index is -0.785. The summed E-state index contributed by atoms with van der Waals surface area (Å²) in [5, 5.41) is 0. The van der Waals surface area contributed by atoms with Gasteiger partial charge in [-0.05, 0) is 103 Å². The molecule has 0 N–H and O–H groups in total. The predicted molar refractivity (Wildman–Crippen MR) is 275 cm³/mol. The molecular weight excluding hydrogens is 793 g/mol. The minimum absolute atomic E-state index is 0.0844. The summed E-state index contributed by atoms with van der Waals surface area (Å²) in [7, 11) is 0. The molecule has 0 aromatic heterocycles. The first kappa shape index (κ1) is 61.1. The zero-order chi connectivity index (χ0) is 46.5. The van der Waals surface area contributed by atoms with Gasteiger partial charge in [0, 0.05) is 19.3 Å². The summed E-state index contributed by atoms with van der Waals surface area (Å²) in [5.41, 5.74) is 0. The van der Waals surface area contributed by atoms with Crippen LogP contribution >= 0.6 is 0 Å². The van der Waals surface area contributed by atoms with E-state index in [0.717, 1.165) is 103 Å². The van der Waals surface area contributed by atoms with Gasteiger partial charge in [0.05, 0.1) is 0 Å². The number of hydrogen-bond acceptors (Lipinski definition) is 6. The van der Waals surface area contributed by atoms with Gasteiger partial charge in [-0.25, -0.2) is 0 Å². The van der Waals surface area contributed by atoms with Crippen LogP contribution in [0, 0.1) is 0 Å². The van der Waals surface area contributed by atoms with Crippen LogP contribution in [0.3, 0.4) is 0 Å². The van der Waals surface area contributed by atoms with Crippen LogP contribution in [-0.2, 0) is 28.6 Å². The minimum Gasteiger partial charge on any atom is -0.462 e. The van der Waals surface area contributed by atoms with Crippen LogP contribution < -0.4 is 0 Å². The van der Waals surface area contributed by atoms with Crippen molar-refractivity contribution >= 4 is 17.9 Å². The van der Waals surface area contributed by atoms with E-state index >= 15 is 0 Å². The maximum absolute atomic E-state index is 12.8. The van der Waals surface area contributed by atoms with Crippen LogP contribution in [0.25, 0.3) is 0 Å². The number of carbonyl (C=O) groups excluding carboxylic acids is 3. The second-order valence-electron chi connectivity index (χ2n) is 18.1. The second kappa shape index (κ2) is 52.7. The quantitative estimate of drug-likeness (QED) is 0.0262. The maximum atomic E-state index is 12.8. The lowest BCUT2D eigenvalue weighted by Gasteiger charge is -2.18. The van der Waals surface area contributed by atoms with E-state index in [1.165, 1.54) is 128 Å². The summed E-state index contributed by atoms with van der Waals surface area (Å²) in [5.74, 6) is -0.904. The molecule has 1 unspecified atom stereocenters. The molecule has 0 aromatic carbocycles. The van der Waals surface area contributed by atoms with Gasteiger partial charge in [0.25, 0.3) is 0 Å². The monoisotopic (exact) mass is 895 g/mol. The first-order valence-electron chi connectivity index (χ1n) is 27.3. The zero-order valence-electron chi connectivity index (χ0n) is 42.3. The molecule has 0 radical (unpaired) electrons. The van der Waals surface area contributed by atoms with Gasteiger partial charge in [-0.1, -0.05) is 210 Å². The number of carbonyl (C=O) groups is 3. The molecule has 1 atom stereocenters. The molecule has 6 heteroatoms. The van der Waals surface area contributed by atoms with Crippen molar-refractivity contribution in [2.45, 2.75) is 277 Å². The Bertz CT molecular complexity index is 1170. The topological polar surface area (TPSA) is 78.9 Å². The normalized spacial score (nSPS) is 12.5. The SMILES string of the molecule is CC/C=C\C/C=C\C/C=C\CCCCCCCCCC(=O)OCC(COC(=O)CCCCCCC/C=C\CCCCCC)OC(=O)CCCCCCC/C=C\CCCCCCCCC. The summed E-state index contributed by atoms with van der Waals surface area (Å²) in [6, 6.07) is 0. The lowest BCUT2D eigenvalue weighted by atomic mass is 10.1. The molecule has 370 valence electrons. The molecule has 0 aromatic rings. The third kappa shape index (κ3) is 50.1. The molecule has 0 bridgehead atoms. The molecule has 0 saturated heterocycles. The number of ether oxygens (including phenoxy) is 3. The summed E-state index contributed by atoms with van der Waals surface area (Å²) >= 11 is 0. The van der Waals surface area contributed by atoms with E-state index in [1.54, 1.807) is 0 Å². The molecule has 0 fully saturated rings. The van der Waals surface area contributed by atoms with Crippen molar-refractivity contribution in [1.82, 2.24) is 0 Å². The molecule has 0 saturated carbocycles. The van der Waals surface area contributed by atoms with Gasteiger partial charge in [-0.3, -0.25) is 14.4 Å². The van der Waals surface area contributed by atoms with Crippen LogP contribution in [0.15, 0.2) is 60.8 Å². The van der Waals surface area contributed by atoms with Gasteiger partial charge in [0.1, 0.15) is 13.2 Å². The van der Waals surface area contributed by atoms with Gasteiger partial charge < -0.3 is 14.2 Å². The first-order valence-corrected chi connectivity index (χ1v) is 27.3. The van der Waals surface area contributed by atoms with Crippen LogP contribution in [0.1, 0.15) is 271 Å². The highest BCUT2D eigenvalue weighted by molar-refractivity contribution is 5.71. The summed E-state index contributed by atoms with van der Waals surface area (Å²) in [6.45, 7) is 6.50. The Kier molecular flexibility index (Phi) is 50.4. The predicted octanol–water partition coefficient (Wildman–Crippen LogP) is 18.0. The third-order valence-electron chi connectivity index (χ3n) is 11.7. The average molecular weight is 895 g/mol. The molecule has 0 heterocycles. The van der Waals surface area contributed by atoms with Gasteiger partial charge in [0.2, 0.25) is 0 Å². The van der Waals surface area contributed by atoms with Crippen molar-refractivity contribution < 1.29 is 28.6 Å². The fourth-order valence-electron chi connectivity index (χ4n) is 7.62. The largest absolute Gasteiger partial charge is 0.462 e. The Labute approximate surface area is 396 Å². The average Bonchev–Trinajstić information content (AvgIpc) is 3.29. The van der Waals surface area contributed by atoms with E-state index in [9.17, 15) is 14.4 Å². The van der Waals surface area contributed by atoms with E-state index in [2.05, 4.69) is 81.5 Å². The Hall–Kier alpha value is -2.89. The molecule has 0 aliphatic heterocycles. The van der Waals surface area contributed by atoms with Gasteiger partial charge in [-0.15, -0.1) is 0 Å². The molecule has 0 aliphatic rings. The Balaban J connectivity index is 4.40. The summed E-state index contributed by atoms with van der Waals surface area (Å²) in [4.78, 5) is 38.1. The van der Waals surface area contributed by atoms with Gasteiger partial charge in [0.15, 0.2) is 6.10 Å². The summed E-state index contributed by atoms with van der Waals surface area (Å²) in [6.07, 6.45) is 64.9. The smallest absolute Gasteiger partial charge is 0.306 e. The Morgan fingerprint density at radius 3 is 0.984 bits per heavy atom. The highest BCUT2D eigenvalue weighted by Gasteiger charge is 2.19. The van der Waals surface area contributed by atoms with Crippen molar-refractivity contribution in [1.29, 1.82) is 0 Å². The van der Waals surface area contributed by atoms with Gasteiger partial charge >= 0.3 is 17.9 Å². The number of unbranched alkanes of at least 4 members (excludes halogenated alkanes) is 28. The number of hydrogen-bond donors (Lipinski definition) is 0. The first-order chi connectivity index (χ1) is 31.5. The molecule has 6 nitrogen and oxygen atoms in total. The molecular formula is C58H102O6. The van der Waals surface area contributed by atoms with E-state index in [1.807, 2.05) is 0 Å². The second-order valence-corrected chi connectivity index (χ2v) is 18.1. The van der Waals surface area contributed by atoms with E-state index < -0.39 is 6.10 Å². The van der Waals surface area contributed by atoms with Crippen LogP contribution in [0.5, 0.6) is 0 Å². The molecule has 0 aliphatic carbocycles. The fraction of sp³-hybridized carbons (Fsp3) is 0.776. The van der Waals surface area contributed by atoms with Crippen molar-refractivity contribution in [2.24, 2.45) is 0 Å².